The Morgan fingerprint density at radius 2 is 2.15 bits per heavy atom. The number of nitrogens with one attached hydrogen (secondary N) is 1. The van der Waals surface area contributed by atoms with Gasteiger partial charge in [-0.15, -0.1) is 0 Å². The molecule has 0 saturated carbocycles. The number of carboxylic acids is 1. The van der Waals surface area contributed by atoms with Gasteiger partial charge in [0.1, 0.15) is 0 Å². The average Bonchev–Trinajstić information content (AvgIpc) is 3.04. The molecule has 2 rings (SSSR count). The van der Waals surface area contributed by atoms with Crippen molar-refractivity contribution < 1.29 is 14.7 Å². The van der Waals surface area contributed by atoms with Crippen LogP contribution in [0.5, 0.6) is 0 Å². The molecule has 1 aromatic rings. The van der Waals surface area contributed by atoms with Gasteiger partial charge in [0.05, 0.1) is 6.20 Å². The smallest absolute Gasteiger partial charge is 0.331 e. The van der Waals surface area contributed by atoms with Crippen LogP contribution < -0.4 is 5.32 Å². The fourth-order valence-corrected chi connectivity index (χ4v) is 2.38. The number of likely N-dealkylation sites (tertiary alicyclic amines) is 1. The van der Waals surface area contributed by atoms with E-state index in [0.29, 0.717) is 18.5 Å². The number of carbonyl (C=O) groups is 2. The van der Waals surface area contributed by atoms with E-state index < -0.39 is 12.0 Å². The first-order valence-electron chi connectivity index (χ1n) is 6.79. The summed E-state index contributed by atoms with van der Waals surface area (Å²) in [7, 11) is 1.71. The highest BCUT2D eigenvalue weighted by molar-refractivity contribution is 5.84. The van der Waals surface area contributed by atoms with Gasteiger partial charge < -0.3 is 15.3 Å². The monoisotopic (exact) mass is 280 g/mol. The Labute approximate surface area is 117 Å². The number of aromatic nitrogens is 2. The highest BCUT2D eigenvalue weighted by atomic mass is 16.4. The molecule has 1 amide bonds. The van der Waals surface area contributed by atoms with Crippen LogP contribution in [0.25, 0.3) is 0 Å². The molecule has 7 heteroatoms. The van der Waals surface area contributed by atoms with Crippen LogP contribution >= 0.6 is 0 Å². The molecule has 0 aromatic carbocycles. The van der Waals surface area contributed by atoms with Gasteiger partial charge in [-0.1, -0.05) is 0 Å². The molecule has 1 saturated heterocycles. The number of aliphatic carboxylic acids is 1. The van der Waals surface area contributed by atoms with Crippen molar-refractivity contribution in [1.29, 1.82) is 0 Å². The van der Waals surface area contributed by atoms with E-state index >= 15 is 0 Å². The summed E-state index contributed by atoms with van der Waals surface area (Å²) < 4.78 is 1.52. The minimum atomic E-state index is -1.08. The predicted molar refractivity (Wildman–Crippen MR) is 72.0 cm³/mol. The second kappa shape index (κ2) is 6.51. The van der Waals surface area contributed by atoms with Crippen LogP contribution in [0.2, 0.25) is 0 Å². The molecule has 1 aliphatic rings. The normalized spacial score (nSPS) is 17.1. The zero-order valence-electron chi connectivity index (χ0n) is 11.6. The van der Waals surface area contributed by atoms with Crippen molar-refractivity contribution >= 4 is 11.9 Å². The summed E-state index contributed by atoms with van der Waals surface area (Å²) in [5.41, 5.74) is 0.481. The number of hydrogen-bond donors (Lipinski definition) is 2. The molecule has 1 atom stereocenters. The largest absolute Gasteiger partial charge is 0.479 e. The van der Waals surface area contributed by atoms with Crippen LogP contribution in [-0.2, 0) is 16.6 Å². The number of hydrogen-bond acceptors (Lipinski definition) is 4. The number of carboxylic acid groups (broad SMARTS) is 1. The van der Waals surface area contributed by atoms with E-state index in [-0.39, 0.29) is 5.91 Å². The lowest BCUT2D eigenvalue weighted by atomic mass is 10.1. The van der Waals surface area contributed by atoms with Gasteiger partial charge in [0.2, 0.25) is 5.91 Å². The van der Waals surface area contributed by atoms with Crippen LogP contribution in [0, 0.1) is 0 Å². The average molecular weight is 280 g/mol. The van der Waals surface area contributed by atoms with Gasteiger partial charge >= 0.3 is 5.97 Å². The Bertz CT molecular complexity index is 480. The lowest BCUT2D eigenvalue weighted by Crippen LogP contribution is -2.35. The zero-order valence-corrected chi connectivity index (χ0v) is 11.6. The highest BCUT2D eigenvalue weighted by Gasteiger charge is 2.23. The molecule has 1 unspecified atom stereocenters. The molecule has 7 nitrogen and oxygen atoms in total. The Balaban J connectivity index is 1.87. The van der Waals surface area contributed by atoms with Gasteiger partial charge in [0.15, 0.2) is 6.04 Å². The third-order valence-electron chi connectivity index (χ3n) is 3.46. The van der Waals surface area contributed by atoms with Gasteiger partial charge in [0.25, 0.3) is 0 Å². The van der Waals surface area contributed by atoms with E-state index in [0.717, 1.165) is 13.1 Å². The first-order valence-corrected chi connectivity index (χ1v) is 6.79. The highest BCUT2D eigenvalue weighted by Crippen LogP contribution is 2.13. The third-order valence-corrected chi connectivity index (χ3v) is 3.46. The Morgan fingerprint density at radius 3 is 2.70 bits per heavy atom. The fourth-order valence-electron chi connectivity index (χ4n) is 2.38. The van der Waals surface area contributed by atoms with E-state index in [4.69, 9.17) is 0 Å². The number of nitrogens with zero attached hydrogens (tertiary/aromatic N) is 3. The van der Waals surface area contributed by atoms with Crippen LogP contribution in [0.4, 0.5) is 0 Å². The summed E-state index contributed by atoms with van der Waals surface area (Å²) >= 11 is 0. The first kappa shape index (κ1) is 14.5. The molecule has 0 bridgehead atoms. The van der Waals surface area contributed by atoms with Crippen LogP contribution in [-0.4, -0.2) is 51.3 Å². The second-order valence-corrected chi connectivity index (χ2v) is 5.08. The summed E-state index contributed by atoms with van der Waals surface area (Å²) in [6.07, 6.45) is 5.73. The van der Waals surface area contributed by atoms with E-state index in [1.807, 2.05) is 0 Å². The van der Waals surface area contributed by atoms with Crippen molar-refractivity contribution in [2.24, 2.45) is 7.05 Å². The Morgan fingerprint density at radius 1 is 1.45 bits per heavy atom. The standard InChI is InChI=1S/C13H20N4O3/c1-16-9-10(8-14-16)12(13(19)20)15-11(18)4-7-17-5-2-3-6-17/h8-9,12H,2-7H2,1H3,(H,15,18)(H,19,20). The number of aryl methyl sites for hydroxylation is 1. The second-order valence-electron chi connectivity index (χ2n) is 5.08. The molecule has 0 spiro atoms. The van der Waals surface area contributed by atoms with E-state index in [1.165, 1.54) is 23.7 Å². The fraction of sp³-hybridized carbons (Fsp3) is 0.615. The predicted octanol–water partition coefficient (Wildman–Crippen LogP) is 0.148. The SMILES string of the molecule is Cn1cc(C(NC(=O)CCN2CCCC2)C(=O)O)cn1. The van der Waals surface area contributed by atoms with Crippen molar-refractivity contribution in [3.05, 3.63) is 18.0 Å². The lowest BCUT2D eigenvalue weighted by Gasteiger charge is -2.16. The summed E-state index contributed by atoms with van der Waals surface area (Å²) in [6.45, 7) is 2.74. The molecular weight excluding hydrogens is 260 g/mol. The van der Waals surface area contributed by atoms with Gasteiger partial charge in [-0.25, -0.2) is 4.79 Å². The van der Waals surface area contributed by atoms with Crippen molar-refractivity contribution in [1.82, 2.24) is 20.0 Å². The van der Waals surface area contributed by atoms with Crippen molar-refractivity contribution in [3.8, 4) is 0 Å². The minimum absolute atomic E-state index is 0.242. The number of carbonyl (C=O) groups excluding carboxylic acids is 1. The molecule has 0 radical (unpaired) electrons. The van der Waals surface area contributed by atoms with Crippen molar-refractivity contribution in [2.45, 2.75) is 25.3 Å². The topological polar surface area (TPSA) is 87.5 Å². The molecule has 110 valence electrons. The van der Waals surface area contributed by atoms with Gasteiger partial charge in [-0.2, -0.15) is 5.10 Å². The quantitative estimate of drug-likeness (QED) is 0.774. The molecule has 1 aliphatic heterocycles. The Hall–Kier alpha value is -1.89. The third kappa shape index (κ3) is 3.80. The molecule has 20 heavy (non-hydrogen) atoms. The number of amides is 1. The summed E-state index contributed by atoms with van der Waals surface area (Å²) in [5.74, 6) is -1.32. The van der Waals surface area contributed by atoms with Gasteiger partial charge in [-0.05, 0) is 25.9 Å². The first-order chi connectivity index (χ1) is 9.56. The van der Waals surface area contributed by atoms with Gasteiger partial charge in [0, 0.05) is 31.8 Å². The lowest BCUT2D eigenvalue weighted by molar-refractivity contribution is -0.142. The number of rotatable bonds is 6. The van der Waals surface area contributed by atoms with E-state index in [1.54, 1.807) is 13.2 Å². The van der Waals surface area contributed by atoms with Gasteiger partial charge in [-0.3, -0.25) is 9.48 Å². The van der Waals surface area contributed by atoms with Crippen LogP contribution in [0.15, 0.2) is 12.4 Å². The molecule has 2 N–H and O–H groups in total. The summed E-state index contributed by atoms with van der Waals surface area (Å²) in [6, 6.07) is -1.03. The molecule has 0 aliphatic carbocycles. The minimum Gasteiger partial charge on any atom is -0.479 e. The molecular formula is C13H20N4O3. The maximum Gasteiger partial charge on any atom is 0.331 e. The molecule has 1 fully saturated rings. The van der Waals surface area contributed by atoms with Crippen molar-refractivity contribution in [2.75, 3.05) is 19.6 Å². The van der Waals surface area contributed by atoms with Crippen LogP contribution in [0.1, 0.15) is 30.9 Å². The van der Waals surface area contributed by atoms with E-state index in [2.05, 4.69) is 15.3 Å². The molecule has 2 heterocycles. The summed E-state index contributed by atoms with van der Waals surface area (Å²) in [5, 5.41) is 15.7. The molecule has 1 aromatic heterocycles. The van der Waals surface area contributed by atoms with Crippen molar-refractivity contribution in [3.63, 3.8) is 0 Å². The zero-order chi connectivity index (χ0) is 14.5. The Kier molecular flexibility index (Phi) is 4.73. The van der Waals surface area contributed by atoms with Crippen LogP contribution in [0.3, 0.4) is 0 Å². The summed E-state index contributed by atoms with van der Waals surface area (Å²) in [4.78, 5) is 25.3. The van der Waals surface area contributed by atoms with E-state index in [9.17, 15) is 14.7 Å². The maximum atomic E-state index is 11.9. The maximum absolute atomic E-state index is 11.9.